The van der Waals surface area contributed by atoms with Gasteiger partial charge in [0.05, 0.1) is 16.9 Å². The number of para-hydroxylation sites is 2. The van der Waals surface area contributed by atoms with E-state index >= 15 is 0 Å². The fraction of sp³-hybridized carbons (Fsp3) is 0.154. The van der Waals surface area contributed by atoms with Gasteiger partial charge in [-0.25, -0.2) is 9.78 Å². The molecule has 0 spiro atoms. The van der Waals surface area contributed by atoms with E-state index in [0.717, 1.165) is 5.01 Å². The molecule has 1 aromatic heterocycles. The number of carbonyl (C=O) groups excluding carboxylic acids is 1. The third-order valence-corrected chi connectivity index (χ3v) is 3.24. The van der Waals surface area contributed by atoms with Crippen molar-refractivity contribution in [1.82, 2.24) is 4.98 Å². The van der Waals surface area contributed by atoms with Gasteiger partial charge >= 0.3 is 5.97 Å². The Morgan fingerprint density at radius 1 is 1.40 bits per heavy atom. The summed E-state index contributed by atoms with van der Waals surface area (Å²) < 4.78 is 5.11. The van der Waals surface area contributed by atoms with E-state index in [9.17, 15) is 9.59 Å². The maximum Gasteiger partial charge on any atom is 0.341 e. The first-order valence-corrected chi connectivity index (χ1v) is 6.55. The van der Waals surface area contributed by atoms with Crippen LogP contribution >= 0.6 is 11.3 Å². The molecule has 0 aliphatic carbocycles. The van der Waals surface area contributed by atoms with Crippen LogP contribution in [0.2, 0.25) is 0 Å². The number of rotatable bonds is 5. The van der Waals surface area contributed by atoms with Crippen LogP contribution in [0.1, 0.15) is 14.7 Å². The second-order valence-electron chi connectivity index (χ2n) is 3.88. The third-order valence-electron chi connectivity index (χ3n) is 2.33. The molecule has 0 saturated heterocycles. The summed E-state index contributed by atoms with van der Waals surface area (Å²) in [5.41, 5.74) is 0.421. The van der Waals surface area contributed by atoms with Crippen LogP contribution in [0, 0.1) is 6.92 Å². The number of carbonyl (C=O) groups is 2. The van der Waals surface area contributed by atoms with Crippen LogP contribution in [0.4, 0.5) is 5.69 Å². The van der Waals surface area contributed by atoms with Gasteiger partial charge in [-0.15, -0.1) is 11.3 Å². The second kappa shape index (κ2) is 6.16. The Morgan fingerprint density at radius 2 is 2.15 bits per heavy atom. The minimum absolute atomic E-state index is 0.304. The van der Waals surface area contributed by atoms with E-state index in [2.05, 4.69) is 10.3 Å². The number of amides is 1. The summed E-state index contributed by atoms with van der Waals surface area (Å²) in [4.78, 5) is 27.0. The molecule has 0 fully saturated rings. The quantitative estimate of drug-likeness (QED) is 0.881. The number of ether oxygens (including phenoxy) is 1. The molecule has 2 aromatic rings. The lowest BCUT2D eigenvalue weighted by molar-refractivity contribution is -0.139. The molecule has 104 valence electrons. The van der Waals surface area contributed by atoms with Crippen LogP contribution in [-0.2, 0) is 4.79 Å². The predicted molar refractivity (Wildman–Crippen MR) is 74.4 cm³/mol. The Hall–Kier alpha value is -2.41. The average molecular weight is 292 g/mol. The Kier molecular flexibility index (Phi) is 4.31. The molecule has 2 N–H and O–H groups in total. The number of aryl methyl sites for hydroxylation is 1. The normalized spacial score (nSPS) is 10.1. The predicted octanol–water partition coefficient (Wildman–Crippen LogP) is 2.17. The molecule has 0 bridgehead atoms. The summed E-state index contributed by atoms with van der Waals surface area (Å²) >= 11 is 1.28. The van der Waals surface area contributed by atoms with E-state index in [1.807, 2.05) is 6.92 Å². The summed E-state index contributed by atoms with van der Waals surface area (Å²) in [6.07, 6.45) is 1.50. The fourth-order valence-electron chi connectivity index (χ4n) is 1.49. The van der Waals surface area contributed by atoms with Crippen LogP contribution in [0.15, 0.2) is 30.5 Å². The third kappa shape index (κ3) is 3.55. The SMILES string of the molecule is Cc1ncc(C(=O)Nc2ccccc2OCC(=O)O)s1. The largest absolute Gasteiger partial charge is 0.480 e. The topological polar surface area (TPSA) is 88.5 Å². The molecule has 1 amide bonds. The molecule has 0 saturated carbocycles. The lowest BCUT2D eigenvalue weighted by Gasteiger charge is -2.10. The van der Waals surface area contributed by atoms with Crippen molar-refractivity contribution in [1.29, 1.82) is 0 Å². The van der Waals surface area contributed by atoms with Crippen LogP contribution in [-0.4, -0.2) is 28.6 Å². The Bertz CT molecular complexity index is 639. The molecular formula is C13H12N2O4S. The fourth-order valence-corrected chi connectivity index (χ4v) is 2.16. The number of anilines is 1. The monoisotopic (exact) mass is 292 g/mol. The van der Waals surface area contributed by atoms with Gasteiger partial charge in [-0.3, -0.25) is 4.79 Å². The number of aromatic nitrogens is 1. The van der Waals surface area contributed by atoms with Crippen molar-refractivity contribution in [2.45, 2.75) is 6.92 Å². The van der Waals surface area contributed by atoms with Crippen molar-refractivity contribution in [3.63, 3.8) is 0 Å². The van der Waals surface area contributed by atoms with Crippen molar-refractivity contribution in [2.75, 3.05) is 11.9 Å². The number of carboxylic acid groups (broad SMARTS) is 1. The van der Waals surface area contributed by atoms with Crippen LogP contribution < -0.4 is 10.1 Å². The van der Waals surface area contributed by atoms with E-state index in [1.165, 1.54) is 17.5 Å². The first-order valence-electron chi connectivity index (χ1n) is 5.73. The molecule has 0 aliphatic rings. The summed E-state index contributed by atoms with van der Waals surface area (Å²) in [5, 5.41) is 12.1. The van der Waals surface area contributed by atoms with Gasteiger partial charge in [0, 0.05) is 0 Å². The number of nitrogens with zero attached hydrogens (tertiary/aromatic N) is 1. The van der Waals surface area contributed by atoms with Crippen LogP contribution in [0.25, 0.3) is 0 Å². The summed E-state index contributed by atoms with van der Waals surface area (Å²) in [6.45, 7) is 1.35. The Morgan fingerprint density at radius 3 is 2.80 bits per heavy atom. The van der Waals surface area contributed by atoms with E-state index < -0.39 is 12.6 Å². The van der Waals surface area contributed by atoms with Crippen molar-refractivity contribution >= 4 is 28.9 Å². The van der Waals surface area contributed by atoms with Gasteiger partial charge in [0.15, 0.2) is 6.61 Å². The van der Waals surface area contributed by atoms with Crippen LogP contribution in [0.3, 0.4) is 0 Å². The lowest BCUT2D eigenvalue weighted by atomic mass is 10.3. The first-order chi connectivity index (χ1) is 9.56. The molecule has 2 rings (SSSR count). The molecule has 0 atom stereocenters. The van der Waals surface area contributed by atoms with Crippen molar-refractivity contribution in [2.24, 2.45) is 0 Å². The number of benzene rings is 1. The van der Waals surface area contributed by atoms with Gasteiger partial charge in [0.2, 0.25) is 0 Å². The molecule has 0 aliphatic heterocycles. The maximum absolute atomic E-state index is 12.0. The highest BCUT2D eigenvalue weighted by atomic mass is 32.1. The second-order valence-corrected chi connectivity index (χ2v) is 5.11. The zero-order valence-corrected chi connectivity index (χ0v) is 11.4. The summed E-state index contributed by atoms with van der Waals surface area (Å²) in [7, 11) is 0. The Labute approximate surface area is 119 Å². The highest BCUT2D eigenvalue weighted by molar-refractivity contribution is 7.13. The smallest absolute Gasteiger partial charge is 0.341 e. The zero-order valence-electron chi connectivity index (χ0n) is 10.6. The number of hydrogen-bond donors (Lipinski definition) is 2. The zero-order chi connectivity index (χ0) is 14.5. The number of nitrogens with one attached hydrogen (secondary N) is 1. The highest BCUT2D eigenvalue weighted by Gasteiger charge is 2.12. The van der Waals surface area contributed by atoms with E-state index in [0.29, 0.717) is 16.3 Å². The van der Waals surface area contributed by atoms with Gasteiger partial charge in [-0.2, -0.15) is 0 Å². The molecule has 1 heterocycles. The molecule has 0 radical (unpaired) electrons. The van der Waals surface area contributed by atoms with Gasteiger partial charge in [0.25, 0.3) is 5.91 Å². The van der Waals surface area contributed by atoms with E-state index in [-0.39, 0.29) is 5.91 Å². The van der Waals surface area contributed by atoms with E-state index in [1.54, 1.807) is 24.3 Å². The Balaban J connectivity index is 2.12. The molecule has 7 heteroatoms. The van der Waals surface area contributed by atoms with Crippen LogP contribution in [0.5, 0.6) is 5.75 Å². The molecule has 0 unspecified atom stereocenters. The van der Waals surface area contributed by atoms with E-state index in [4.69, 9.17) is 9.84 Å². The van der Waals surface area contributed by atoms with Gasteiger partial charge in [-0.1, -0.05) is 12.1 Å². The minimum atomic E-state index is -1.08. The highest BCUT2D eigenvalue weighted by Crippen LogP contribution is 2.25. The van der Waals surface area contributed by atoms with Gasteiger partial charge in [-0.05, 0) is 19.1 Å². The minimum Gasteiger partial charge on any atom is -0.480 e. The van der Waals surface area contributed by atoms with Crippen molar-refractivity contribution < 1.29 is 19.4 Å². The maximum atomic E-state index is 12.0. The van der Waals surface area contributed by atoms with Crippen molar-refractivity contribution in [3.05, 3.63) is 40.3 Å². The number of thiazole rings is 1. The summed E-state index contributed by atoms with van der Waals surface area (Å²) in [6, 6.07) is 6.66. The molecule has 1 aromatic carbocycles. The first kappa shape index (κ1) is 14.0. The lowest BCUT2D eigenvalue weighted by Crippen LogP contribution is -2.14. The average Bonchev–Trinajstić information content (AvgIpc) is 2.84. The number of aliphatic carboxylic acids is 1. The number of carboxylic acids is 1. The van der Waals surface area contributed by atoms with Gasteiger partial charge < -0.3 is 15.2 Å². The molecule has 20 heavy (non-hydrogen) atoms. The number of hydrogen-bond acceptors (Lipinski definition) is 5. The van der Waals surface area contributed by atoms with Gasteiger partial charge in [0.1, 0.15) is 10.6 Å². The standard InChI is InChI=1S/C13H12N2O4S/c1-8-14-6-11(20-8)13(18)15-9-4-2-3-5-10(9)19-7-12(16)17/h2-6H,7H2,1H3,(H,15,18)(H,16,17). The summed E-state index contributed by atoms with van der Waals surface area (Å²) in [5.74, 6) is -1.07. The molecule has 6 nitrogen and oxygen atoms in total. The molecular weight excluding hydrogens is 280 g/mol. The van der Waals surface area contributed by atoms with Crippen molar-refractivity contribution in [3.8, 4) is 5.75 Å².